The van der Waals surface area contributed by atoms with Gasteiger partial charge in [-0.2, -0.15) is 0 Å². The SMILES string of the molecule is CCc1ccc(O)cc1C12CCN(CC3CC3)C(C)C13CCC1C2[C@@H](CN1C(=O)[C@H]1CCCO1)C3. The van der Waals surface area contributed by atoms with Crippen LogP contribution in [-0.4, -0.2) is 65.2 Å². The Morgan fingerprint density at radius 3 is 2.80 bits per heavy atom. The minimum atomic E-state index is -0.220. The summed E-state index contributed by atoms with van der Waals surface area (Å²) in [5.41, 5.74) is 3.11. The van der Waals surface area contributed by atoms with Gasteiger partial charge in [0.1, 0.15) is 11.9 Å². The van der Waals surface area contributed by atoms with Gasteiger partial charge >= 0.3 is 0 Å². The highest BCUT2D eigenvalue weighted by Crippen LogP contribution is 2.73. The van der Waals surface area contributed by atoms with E-state index in [1.54, 1.807) is 0 Å². The molecule has 1 aromatic rings. The monoisotopic (exact) mass is 478 g/mol. The summed E-state index contributed by atoms with van der Waals surface area (Å²) < 4.78 is 5.87. The summed E-state index contributed by atoms with van der Waals surface area (Å²) in [5, 5.41) is 10.7. The Bertz CT molecular complexity index is 1020. The molecule has 5 nitrogen and oxygen atoms in total. The third-order valence-electron chi connectivity index (χ3n) is 11.5. The highest BCUT2D eigenvalue weighted by atomic mass is 16.5. The lowest BCUT2D eigenvalue weighted by molar-refractivity contribution is -0.147. The molecule has 0 aromatic heterocycles. The van der Waals surface area contributed by atoms with Crippen LogP contribution in [0.1, 0.15) is 76.3 Å². The van der Waals surface area contributed by atoms with Gasteiger partial charge < -0.3 is 14.7 Å². The fourth-order valence-electron chi connectivity index (χ4n) is 9.97. The lowest BCUT2D eigenvalue weighted by Gasteiger charge is -2.63. The number of hydrogen-bond acceptors (Lipinski definition) is 4. The van der Waals surface area contributed by atoms with Gasteiger partial charge in [0.25, 0.3) is 5.91 Å². The van der Waals surface area contributed by atoms with Crippen LogP contribution in [0.2, 0.25) is 0 Å². The number of phenolic OH excluding ortho intramolecular Hbond substituents is 1. The first-order chi connectivity index (χ1) is 17.0. The number of amides is 1. The molecule has 2 bridgehead atoms. The van der Waals surface area contributed by atoms with E-state index < -0.39 is 0 Å². The van der Waals surface area contributed by atoms with Gasteiger partial charge in [0.15, 0.2) is 0 Å². The van der Waals surface area contributed by atoms with E-state index in [1.165, 1.54) is 49.8 Å². The summed E-state index contributed by atoms with van der Waals surface area (Å²) in [7, 11) is 0. The van der Waals surface area contributed by atoms with Crippen LogP contribution in [0.5, 0.6) is 5.75 Å². The average Bonchev–Trinajstić information content (AvgIpc) is 3.28. The molecule has 1 N–H and O–H groups in total. The Morgan fingerprint density at radius 1 is 1.20 bits per heavy atom. The number of ether oxygens (including phenoxy) is 1. The zero-order chi connectivity index (χ0) is 23.9. The fraction of sp³-hybridized carbons (Fsp3) is 0.767. The summed E-state index contributed by atoms with van der Waals surface area (Å²) in [6.45, 7) is 8.84. The standard InChI is InChI=1S/C30H42N2O3/c1-3-21-8-9-23(33)15-24(21)30-12-13-31(17-20-6-7-20)19(2)29(30)11-10-25-27(30)22(16-29)18-32(25)28(34)26-5-4-14-35-26/h8-9,15,19-20,22,25-27,33H,3-7,10-14,16-18H2,1-2H3/t19?,22-,25?,26-,27?,29?,30?/m1/s1. The van der Waals surface area contributed by atoms with Crippen LogP contribution in [0.15, 0.2) is 18.2 Å². The maximum Gasteiger partial charge on any atom is 0.251 e. The Morgan fingerprint density at radius 2 is 2.06 bits per heavy atom. The van der Waals surface area contributed by atoms with Crippen LogP contribution in [0.3, 0.4) is 0 Å². The van der Waals surface area contributed by atoms with Gasteiger partial charge in [0.05, 0.1) is 0 Å². The number of aryl methyl sites for hydroxylation is 1. The van der Waals surface area contributed by atoms with Gasteiger partial charge in [-0.05, 0) is 118 Å². The van der Waals surface area contributed by atoms with Gasteiger partial charge in [-0.1, -0.05) is 13.0 Å². The van der Waals surface area contributed by atoms with Crippen LogP contribution < -0.4 is 0 Å². The molecule has 3 saturated carbocycles. The van der Waals surface area contributed by atoms with E-state index in [-0.39, 0.29) is 22.8 Å². The van der Waals surface area contributed by atoms with Crippen LogP contribution in [-0.2, 0) is 21.4 Å². The first-order valence-corrected chi connectivity index (χ1v) is 14.5. The number of benzene rings is 1. The summed E-state index contributed by atoms with van der Waals surface area (Å²) in [5.74, 6) is 2.63. The number of likely N-dealkylation sites (tertiary alicyclic amines) is 2. The Kier molecular flexibility index (Phi) is 5.13. The third-order valence-corrected chi connectivity index (χ3v) is 11.5. The highest BCUT2D eigenvalue weighted by molar-refractivity contribution is 5.82. The topological polar surface area (TPSA) is 53.0 Å². The third kappa shape index (κ3) is 3.03. The van der Waals surface area contributed by atoms with Crippen molar-refractivity contribution in [1.29, 1.82) is 0 Å². The molecule has 7 atom stereocenters. The summed E-state index contributed by atoms with van der Waals surface area (Å²) >= 11 is 0. The molecule has 5 heteroatoms. The molecule has 35 heavy (non-hydrogen) atoms. The van der Waals surface area contributed by atoms with Gasteiger partial charge in [0.2, 0.25) is 0 Å². The van der Waals surface area contributed by atoms with Crippen molar-refractivity contribution in [2.45, 2.75) is 95.2 Å². The van der Waals surface area contributed by atoms with Crippen LogP contribution in [0.4, 0.5) is 0 Å². The van der Waals surface area contributed by atoms with Crippen molar-refractivity contribution in [3.63, 3.8) is 0 Å². The predicted octanol–water partition coefficient (Wildman–Crippen LogP) is 4.50. The molecular formula is C30H42N2O3. The maximum atomic E-state index is 13.6. The number of nitrogens with zero attached hydrogens (tertiary/aromatic N) is 2. The lowest BCUT2D eigenvalue weighted by Crippen LogP contribution is -2.67. The largest absolute Gasteiger partial charge is 0.508 e. The molecule has 6 fully saturated rings. The summed E-state index contributed by atoms with van der Waals surface area (Å²) in [6.07, 6.45) is 10.2. The van der Waals surface area contributed by atoms with Crippen molar-refractivity contribution in [1.82, 2.24) is 9.80 Å². The molecule has 3 saturated heterocycles. The number of aromatic hydroxyl groups is 1. The molecule has 0 spiro atoms. The summed E-state index contributed by atoms with van der Waals surface area (Å²) in [4.78, 5) is 18.7. The smallest absolute Gasteiger partial charge is 0.251 e. The highest BCUT2D eigenvalue weighted by Gasteiger charge is 2.74. The Balaban J connectivity index is 1.33. The molecule has 1 amide bonds. The van der Waals surface area contributed by atoms with Crippen molar-refractivity contribution in [3.8, 4) is 5.75 Å². The maximum absolute atomic E-state index is 13.6. The molecular weight excluding hydrogens is 436 g/mol. The molecule has 0 radical (unpaired) electrons. The van der Waals surface area contributed by atoms with Crippen molar-refractivity contribution < 1.29 is 14.6 Å². The number of piperidine rings is 1. The number of rotatable bonds is 5. The number of phenols is 1. The molecule has 7 rings (SSSR count). The molecule has 6 aliphatic rings. The molecule has 3 aliphatic carbocycles. The normalized spacial score (nSPS) is 42.5. The second-order valence-corrected chi connectivity index (χ2v) is 12.8. The van der Waals surface area contributed by atoms with Crippen molar-refractivity contribution in [2.24, 2.45) is 23.2 Å². The van der Waals surface area contributed by atoms with E-state index in [4.69, 9.17) is 4.74 Å². The molecule has 190 valence electrons. The minimum absolute atomic E-state index is 0.0513. The fourth-order valence-corrected chi connectivity index (χ4v) is 9.97. The van der Waals surface area contributed by atoms with E-state index in [2.05, 4.69) is 35.8 Å². The van der Waals surface area contributed by atoms with Crippen LogP contribution in [0.25, 0.3) is 0 Å². The molecule has 5 unspecified atom stereocenters. The van der Waals surface area contributed by atoms with Crippen molar-refractivity contribution in [3.05, 3.63) is 29.3 Å². The summed E-state index contributed by atoms with van der Waals surface area (Å²) in [6, 6.07) is 7.06. The Labute approximate surface area is 210 Å². The van der Waals surface area contributed by atoms with Crippen molar-refractivity contribution in [2.75, 3.05) is 26.2 Å². The average molecular weight is 479 g/mol. The number of carbonyl (C=O) groups is 1. The van der Waals surface area contributed by atoms with E-state index in [0.717, 1.165) is 51.3 Å². The van der Waals surface area contributed by atoms with E-state index in [9.17, 15) is 9.90 Å². The van der Waals surface area contributed by atoms with Crippen LogP contribution >= 0.6 is 0 Å². The zero-order valence-electron chi connectivity index (χ0n) is 21.5. The quantitative estimate of drug-likeness (QED) is 0.677. The van der Waals surface area contributed by atoms with Gasteiger partial charge in [-0.3, -0.25) is 9.69 Å². The Hall–Kier alpha value is -1.59. The van der Waals surface area contributed by atoms with E-state index in [0.29, 0.717) is 29.7 Å². The zero-order valence-corrected chi connectivity index (χ0v) is 21.5. The van der Waals surface area contributed by atoms with E-state index in [1.807, 2.05) is 6.07 Å². The number of hydrogen-bond donors (Lipinski definition) is 1. The van der Waals surface area contributed by atoms with Gasteiger partial charge in [-0.15, -0.1) is 0 Å². The van der Waals surface area contributed by atoms with Gasteiger partial charge in [0, 0.05) is 37.2 Å². The van der Waals surface area contributed by atoms with Crippen LogP contribution in [0, 0.1) is 23.2 Å². The second kappa shape index (κ2) is 7.95. The minimum Gasteiger partial charge on any atom is -0.508 e. The predicted molar refractivity (Wildman–Crippen MR) is 135 cm³/mol. The molecule has 1 aromatic carbocycles. The second-order valence-electron chi connectivity index (χ2n) is 12.8. The lowest BCUT2D eigenvalue weighted by atomic mass is 9.46. The van der Waals surface area contributed by atoms with Crippen molar-refractivity contribution >= 4 is 5.91 Å². The van der Waals surface area contributed by atoms with E-state index >= 15 is 0 Å². The molecule has 3 aliphatic heterocycles. The number of carbonyl (C=O) groups excluding carboxylic acids is 1. The molecule has 3 heterocycles. The first kappa shape index (κ1) is 22.6. The first-order valence-electron chi connectivity index (χ1n) is 14.5. The van der Waals surface area contributed by atoms with Gasteiger partial charge in [-0.25, -0.2) is 0 Å².